The normalized spacial score (nSPS) is 23.6. The number of nitrogens with zero attached hydrogens (tertiary/aromatic N) is 3. The van der Waals surface area contributed by atoms with Crippen LogP contribution in [0.5, 0.6) is 11.5 Å². The number of hydrogen-bond donors (Lipinski definition) is 0. The zero-order chi connectivity index (χ0) is 15.6. The Kier molecular flexibility index (Phi) is 3.58. The van der Waals surface area contributed by atoms with E-state index >= 15 is 0 Å². The molecule has 0 saturated carbocycles. The molecule has 3 heterocycles. The van der Waals surface area contributed by atoms with Crippen molar-refractivity contribution in [3.63, 3.8) is 0 Å². The third-order valence-electron chi connectivity index (χ3n) is 3.83. The molecule has 2 atom stereocenters. The van der Waals surface area contributed by atoms with Crippen molar-refractivity contribution >= 4 is 5.91 Å². The number of morpholine rings is 1. The molecule has 1 aromatic heterocycles. The van der Waals surface area contributed by atoms with Crippen LogP contribution in [0.2, 0.25) is 0 Å². The quantitative estimate of drug-likeness (QED) is 0.810. The van der Waals surface area contributed by atoms with Gasteiger partial charge in [-0.25, -0.2) is 0 Å². The largest absolute Gasteiger partial charge is 0.485 e. The van der Waals surface area contributed by atoms with Crippen LogP contribution in [0.3, 0.4) is 0 Å². The molecule has 8 nitrogen and oxygen atoms in total. The number of amides is 1. The SMILES string of the molecule is O=C(C1COc2ccccc2O1)N1CCOC(c2ncon2)C1. The Balaban J connectivity index is 1.45. The van der Waals surface area contributed by atoms with Gasteiger partial charge in [-0.05, 0) is 12.1 Å². The van der Waals surface area contributed by atoms with E-state index in [1.54, 1.807) is 11.0 Å². The molecule has 1 saturated heterocycles. The van der Waals surface area contributed by atoms with Gasteiger partial charge in [-0.2, -0.15) is 4.98 Å². The molecule has 0 spiro atoms. The van der Waals surface area contributed by atoms with Gasteiger partial charge in [-0.3, -0.25) is 4.79 Å². The zero-order valence-electron chi connectivity index (χ0n) is 12.3. The van der Waals surface area contributed by atoms with Crippen LogP contribution < -0.4 is 9.47 Å². The molecule has 8 heteroatoms. The Labute approximate surface area is 131 Å². The van der Waals surface area contributed by atoms with E-state index in [1.165, 1.54) is 6.39 Å². The lowest BCUT2D eigenvalue weighted by Crippen LogP contribution is -2.51. The van der Waals surface area contributed by atoms with Crippen LogP contribution in [-0.4, -0.2) is 53.4 Å². The van der Waals surface area contributed by atoms with Gasteiger partial charge in [0.2, 0.25) is 18.3 Å². The van der Waals surface area contributed by atoms with Gasteiger partial charge in [0.15, 0.2) is 11.5 Å². The molecule has 1 fully saturated rings. The first kappa shape index (κ1) is 14.0. The monoisotopic (exact) mass is 317 g/mol. The molecule has 0 N–H and O–H groups in total. The van der Waals surface area contributed by atoms with Crippen molar-refractivity contribution in [2.75, 3.05) is 26.3 Å². The van der Waals surface area contributed by atoms with Crippen molar-refractivity contribution < 1.29 is 23.5 Å². The van der Waals surface area contributed by atoms with Gasteiger partial charge in [0.05, 0.1) is 13.2 Å². The van der Waals surface area contributed by atoms with Crippen LogP contribution in [0.1, 0.15) is 11.9 Å². The third kappa shape index (κ3) is 2.72. The van der Waals surface area contributed by atoms with Crippen LogP contribution in [0.25, 0.3) is 0 Å². The van der Waals surface area contributed by atoms with Crippen LogP contribution in [0.4, 0.5) is 0 Å². The summed E-state index contributed by atoms with van der Waals surface area (Å²) in [5.41, 5.74) is 0. The molecule has 2 aromatic rings. The van der Waals surface area contributed by atoms with E-state index in [1.807, 2.05) is 18.2 Å². The fourth-order valence-corrected chi connectivity index (χ4v) is 2.67. The van der Waals surface area contributed by atoms with Crippen LogP contribution in [-0.2, 0) is 9.53 Å². The summed E-state index contributed by atoms with van der Waals surface area (Å²) in [4.78, 5) is 18.3. The maximum absolute atomic E-state index is 12.7. The van der Waals surface area contributed by atoms with Crippen LogP contribution in [0, 0.1) is 0 Å². The predicted molar refractivity (Wildman–Crippen MR) is 75.9 cm³/mol. The Morgan fingerprint density at radius 1 is 1.26 bits per heavy atom. The number of benzene rings is 1. The fraction of sp³-hybridized carbons (Fsp3) is 0.400. The number of ether oxygens (including phenoxy) is 3. The fourth-order valence-electron chi connectivity index (χ4n) is 2.67. The van der Waals surface area contributed by atoms with Gasteiger partial charge in [0.25, 0.3) is 5.91 Å². The molecular weight excluding hydrogens is 302 g/mol. The number of para-hydroxylation sites is 2. The minimum Gasteiger partial charge on any atom is -0.485 e. The van der Waals surface area contributed by atoms with Crippen molar-refractivity contribution in [1.29, 1.82) is 0 Å². The maximum Gasteiger partial charge on any atom is 0.267 e. The van der Waals surface area contributed by atoms with Gasteiger partial charge in [-0.1, -0.05) is 17.3 Å². The highest BCUT2D eigenvalue weighted by molar-refractivity contribution is 5.82. The molecule has 0 bridgehead atoms. The number of rotatable bonds is 2. The lowest BCUT2D eigenvalue weighted by atomic mass is 10.2. The highest BCUT2D eigenvalue weighted by Crippen LogP contribution is 2.31. The summed E-state index contributed by atoms with van der Waals surface area (Å²) in [5.74, 6) is 1.55. The van der Waals surface area contributed by atoms with Gasteiger partial charge in [0.1, 0.15) is 12.7 Å². The van der Waals surface area contributed by atoms with Gasteiger partial charge < -0.3 is 23.6 Å². The third-order valence-corrected chi connectivity index (χ3v) is 3.83. The van der Waals surface area contributed by atoms with Gasteiger partial charge in [-0.15, -0.1) is 0 Å². The summed E-state index contributed by atoms with van der Waals surface area (Å²) >= 11 is 0. The summed E-state index contributed by atoms with van der Waals surface area (Å²) in [6, 6.07) is 7.31. The summed E-state index contributed by atoms with van der Waals surface area (Å²) in [6.45, 7) is 1.46. The van der Waals surface area contributed by atoms with E-state index < -0.39 is 6.10 Å². The minimum absolute atomic E-state index is 0.128. The number of carbonyl (C=O) groups is 1. The molecule has 2 unspecified atom stereocenters. The van der Waals surface area contributed by atoms with Crippen molar-refractivity contribution in [2.24, 2.45) is 0 Å². The van der Waals surface area contributed by atoms with E-state index in [9.17, 15) is 4.79 Å². The average molecular weight is 317 g/mol. The lowest BCUT2D eigenvalue weighted by molar-refractivity contribution is -0.149. The first-order valence-corrected chi connectivity index (χ1v) is 7.36. The summed E-state index contributed by atoms with van der Waals surface area (Å²) < 4.78 is 21.7. The molecule has 0 aliphatic carbocycles. The highest BCUT2D eigenvalue weighted by Gasteiger charge is 2.35. The first-order chi connectivity index (χ1) is 11.3. The van der Waals surface area contributed by atoms with Crippen LogP contribution >= 0.6 is 0 Å². The number of hydrogen-bond acceptors (Lipinski definition) is 7. The van der Waals surface area contributed by atoms with E-state index in [0.29, 0.717) is 37.0 Å². The molecule has 1 aromatic carbocycles. The summed E-state index contributed by atoms with van der Waals surface area (Å²) in [7, 11) is 0. The second kappa shape index (κ2) is 5.88. The Morgan fingerprint density at radius 3 is 2.96 bits per heavy atom. The van der Waals surface area contributed by atoms with Crippen molar-refractivity contribution in [1.82, 2.24) is 15.0 Å². The average Bonchev–Trinajstić information content (AvgIpc) is 3.15. The van der Waals surface area contributed by atoms with Gasteiger partial charge >= 0.3 is 0 Å². The highest BCUT2D eigenvalue weighted by atomic mass is 16.6. The van der Waals surface area contributed by atoms with Crippen molar-refractivity contribution in [3.05, 3.63) is 36.5 Å². The minimum atomic E-state index is -0.658. The zero-order valence-corrected chi connectivity index (χ0v) is 12.3. The molecule has 23 heavy (non-hydrogen) atoms. The number of carbonyl (C=O) groups excluding carboxylic acids is 1. The lowest BCUT2D eigenvalue weighted by Gasteiger charge is -2.35. The summed E-state index contributed by atoms with van der Waals surface area (Å²) in [5, 5.41) is 3.77. The Hall–Kier alpha value is -2.61. The van der Waals surface area contributed by atoms with Crippen LogP contribution in [0.15, 0.2) is 35.2 Å². The summed E-state index contributed by atoms with van der Waals surface area (Å²) in [6.07, 6.45) is 0.200. The predicted octanol–water partition coefficient (Wildman–Crippen LogP) is 0.810. The second-order valence-corrected chi connectivity index (χ2v) is 5.30. The van der Waals surface area contributed by atoms with E-state index in [4.69, 9.17) is 18.7 Å². The maximum atomic E-state index is 12.7. The smallest absolute Gasteiger partial charge is 0.267 e. The van der Waals surface area contributed by atoms with E-state index in [0.717, 1.165) is 0 Å². The molecule has 0 radical (unpaired) electrons. The molecule has 120 valence electrons. The van der Waals surface area contributed by atoms with Crippen molar-refractivity contribution in [2.45, 2.75) is 12.2 Å². The topological polar surface area (TPSA) is 86.9 Å². The Morgan fingerprint density at radius 2 is 2.13 bits per heavy atom. The molecule has 4 rings (SSSR count). The molecule has 2 aliphatic rings. The van der Waals surface area contributed by atoms with E-state index in [2.05, 4.69) is 10.1 Å². The van der Waals surface area contributed by atoms with E-state index in [-0.39, 0.29) is 18.6 Å². The first-order valence-electron chi connectivity index (χ1n) is 7.36. The molecule has 2 aliphatic heterocycles. The molecule has 1 amide bonds. The second-order valence-electron chi connectivity index (χ2n) is 5.30. The number of aromatic nitrogens is 2. The standard InChI is InChI=1S/C15H15N3O5/c19-15(13-8-21-10-3-1-2-4-11(10)23-13)18-5-6-20-12(7-18)14-16-9-22-17-14/h1-4,9,12-13H,5-8H2. The Bertz CT molecular complexity index is 690. The molecular formula is C15H15N3O5. The van der Waals surface area contributed by atoms with Crippen molar-refractivity contribution in [3.8, 4) is 11.5 Å². The number of fused-ring (bicyclic) bond motifs is 1. The van der Waals surface area contributed by atoms with Gasteiger partial charge in [0, 0.05) is 6.54 Å².